The van der Waals surface area contributed by atoms with Crippen LogP contribution in [0.5, 0.6) is 0 Å². The van der Waals surface area contributed by atoms with E-state index in [0.29, 0.717) is 25.8 Å². The molecular weight excluding hydrogens is 372 g/mol. The summed E-state index contributed by atoms with van der Waals surface area (Å²) in [6.45, 7) is 4.51. The van der Waals surface area contributed by atoms with Gasteiger partial charge in [-0.3, -0.25) is 9.59 Å². The van der Waals surface area contributed by atoms with E-state index in [0.717, 1.165) is 24.0 Å². The van der Waals surface area contributed by atoms with Crippen molar-refractivity contribution in [1.29, 1.82) is 0 Å². The molecule has 0 unspecified atom stereocenters. The SMILES string of the molecule is CC[C@H](C(=O)NC1CCCC1)N(Cc1ccc(C)cc1)C(=O)CCc1ccccc1. The van der Waals surface area contributed by atoms with Gasteiger partial charge in [-0.25, -0.2) is 0 Å². The zero-order chi connectivity index (χ0) is 21.3. The van der Waals surface area contributed by atoms with Crippen LogP contribution in [0.15, 0.2) is 54.6 Å². The standard InChI is InChI=1S/C26H34N2O2/c1-3-24(26(30)27-23-11-7-8-12-23)28(19-22-15-13-20(2)14-16-22)25(29)18-17-21-9-5-4-6-10-21/h4-6,9-10,13-16,23-24H,3,7-8,11-12,17-19H2,1-2H3,(H,27,30)/t24-/m1/s1. The Morgan fingerprint density at radius 2 is 1.67 bits per heavy atom. The van der Waals surface area contributed by atoms with E-state index in [1.807, 2.05) is 37.3 Å². The molecule has 0 aliphatic heterocycles. The third kappa shape index (κ3) is 6.19. The van der Waals surface area contributed by atoms with Crippen molar-refractivity contribution in [3.63, 3.8) is 0 Å². The monoisotopic (exact) mass is 406 g/mol. The summed E-state index contributed by atoms with van der Waals surface area (Å²) in [4.78, 5) is 28.2. The molecule has 3 rings (SSSR count). The lowest BCUT2D eigenvalue weighted by Crippen LogP contribution is -2.51. The van der Waals surface area contributed by atoms with Crippen LogP contribution >= 0.6 is 0 Å². The zero-order valence-electron chi connectivity index (χ0n) is 18.3. The molecule has 2 aromatic carbocycles. The molecule has 1 aliphatic carbocycles. The molecule has 0 aromatic heterocycles. The van der Waals surface area contributed by atoms with E-state index in [1.165, 1.54) is 18.4 Å². The number of aryl methyl sites for hydroxylation is 2. The van der Waals surface area contributed by atoms with Crippen molar-refractivity contribution in [3.05, 3.63) is 71.3 Å². The normalized spacial score (nSPS) is 15.0. The molecule has 0 spiro atoms. The second-order valence-electron chi connectivity index (χ2n) is 8.41. The van der Waals surface area contributed by atoms with Gasteiger partial charge in [0.2, 0.25) is 11.8 Å². The number of hydrogen-bond donors (Lipinski definition) is 1. The van der Waals surface area contributed by atoms with Gasteiger partial charge in [-0.2, -0.15) is 0 Å². The Labute approximate surface area is 180 Å². The van der Waals surface area contributed by atoms with Crippen LogP contribution < -0.4 is 5.32 Å². The molecule has 2 aromatic rings. The van der Waals surface area contributed by atoms with Crippen LogP contribution in [0.25, 0.3) is 0 Å². The molecule has 30 heavy (non-hydrogen) atoms. The Hall–Kier alpha value is -2.62. The smallest absolute Gasteiger partial charge is 0.243 e. The van der Waals surface area contributed by atoms with Crippen molar-refractivity contribution in [2.75, 3.05) is 0 Å². The van der Waals surface area contributed by atoms with E-state index in [9.17, 15) is 9.59 Å². The average Bonchev–Trinajstić information content (AvgIpc) is 3.27. The van der Waals surface area contributed by atoms with E-state index in [4.69, 9.17) is 0 Å². The summed E-state index contributed by atoms with van der Waals surface area (Å²) in [6, 6.07) is 18.1. The number of nitrogens with zero attached hydrogens (tertiary/aromatic N) is 1. The molecule has 1 N–H and O–H groups in total. The fourth-order valence-electron chi connectivity index (χ4n) is 4.22. The third-order valence-electron chi connectivity index (χ3n) is 6.03. The van der Waals surface area contributed by atoms with Gasteiger partial charge >= 0.3 is 0 Å². The van der Waals surface area contributed by atoms with E-state index in [-0.39, 0.29) is 17.9 Å². The molecule has 4 nitrogen and oxygen atoms in total. The second-order valence-corrected chi connectivity index (χ2v) is 8.41. The first-order chi connectivity index (χ1) is 14.6. The molecule has 0 saturated heterocycles. The summed E-state index contributed by atoms with van der Waals surface area (Å²) >= 11 is 0. The fourth-order valence-corrected chi connectivity index (χ4v) is 4.22. The highest BCUT2D eigenvalue weighted by Gasteiger charge is 2.30. The lowest BCUT2D eigenvalue weighted by atomic mass is 10.1. The van der Waals surface area contributed by atoms with Gasteiger partial charge in [0.15, 0.2) is 0 Å². The van der Waals surface area contributed by atoms with Crippen LogP contribution in [-0.4, -0.2) is 28.8 Å². The number of amides is 2. The molecule has 0 radical (unpaired) electrons. The highest BCUT2D eigenvalue weighted by molar-refractivity contribution is 5.88. The summed E-state index contributed by atoms with van der Waals surface area (Å²) in [5.74, 6) is 0.0254. The zero-order valence-corrected chi connectivity index (χ0v) is 18.3. The molecule has 0 heterocycles. The van der Waals surface area contributed by atoms with Crippen molar-refractivity contribution in [2.24, 2.45) is 0 Å². The Morgan fingerprint density at radius 3 is 2.30 bits per heavy atom. The van der Waals surface area contributed by atoms with Crippen LogP contribution in [0.4, 0.5) is 0 Å². The van der Waals surface area contributed by atoms with Gasteiger partial charge in [0.1, 0.15) is 6.04 Å². The molecule has 1 aliphatic rings. The fraction of sp³-hybridized carbons (Fsp3) is 0.462. The number of carbonyl (C=O) groups is 2. The van der Waals surface area contributed by atoms with Crippen molar-refractivity contribution in [1.82, 2.24) is 10.2 Å². The molecular formula is C26H34N2O2. The van der Waals surface area contributed by atoms with E-state index in [1.54, 1.807) is 4.90 Å². The van der Waals surface area contributed by atoms with Gasteiger partial charge in [0.05, 0.1) is 0 Å². The van der Waals surface area contributed by atoms with Crippen LogP contribution in [0.2, 0.25) is 0 Å². The molecule has 1 atom stereocenters. The van der Waals surface area contributed by atoms with E-state index in [2.05, 4.69) is 36.5 Å². The summed E-state index contributed by atoms with van der Waals surface area (Å²) in [5.41, 5.74) is 3.39. The molecule has 4 heteroatoms. The van der Waals surface area contributed by atoms with Gasteiger partial charge in [-0.15, -0.1) is 0 Å². The Balaban J connectivity index is 1.74. The lowest BCUT2D eigenvalue weighted by Gasteiger charge is -2.31. The van der Waals surface area contributed by atoms with Crippen molar-refractivity contribution in [2.45, 2.75) is 77.4 Å². The maximum absolute atomic E-state index is 13.3. The first kappa shape index (κ1) is 22.1. The van der Waals surface area contributed by atoms with Crippen LogP contribution in [0, 0.1) is 6.92 Å². The highest BCUT2D eigenvalue weighted by Crippen LogP contribution is 2.20. The number of hydrogen-bond acceptors (Lipinski definition) is 2. The van der Waals surface area contributed by atoms with Crippen molar-refractivity contribution in [3.8, 4) is 0 Å². The summed E-state index contributed by atoms with van der Waals surface area (Å²) in [6.07, 6.45) is 6.13. The number of rotatable bonds is 9. The predicted octanol–water partition coefficient (Wildman–Crippen LogP) is 4.79. The van der Waals surface area contributed by atoms with Crippen LogP contribution in [0.3, 0.4) is 0 Å². The topological polar surface area (TPSA) is 49.4 Å². The van der Waals surface area contributed by atoms with Crippen molar-refractivity contribution < 1.29 is 9.59 Å². The minimum Gasteiger partial charge on any atom is -0.352 e. The maximum atomic E-state index is 13.3. The van der Waals surface area contributed by atoms with Gasteiger partial charge in [0, 0.05) is 19.0 Å². The molecule has 0 bridgehead atoms. The molecule has 160 valence electrons. The van der Waals surface area contributed by atoms with E-state index < -0.39 is 6.04 Å². The van der Waals surface area contributed by atoms with Gasteiger partial charge < -0.3 is 10.2 Å². The van der Waals surface area contributed by atoms with Crippen LogP contribution in [0.1, 0.15) is 62.1 Å². The van der Waals surface area contributed by atoms with Crippen LogP contribution in [-0.2, 0) is 22.6 Å². The first-order valence-electron chi connectivity index (χ1n) is 11.3. The minimum atomic E-state index is -0.435. The molecule has 1 fully saturated rings. The number of nitrogens with one attached hydrogen (secondary N) is 1. The van der Waals surface area contributed by atoms with E-state index >= 15 is 0 Å². The summed E-state index contributed by atoms with van der Waals surface area (Å²) in [5, 5.41) is 3.20. The van der Waals surface area contributed by atoms with Gasteiger partial charge in [-0.05, 0) is 43.7 Å². The molecule has 1 saturated carbocycles. The van der Waals surface area contributed by atoms with Gasteiger partial charge in [0.25, 0.3) is 0 Å². The summed E-state index contributed by atoms with van der Waals surface area (Å²) < 4.78 is 0. The molecule has 2 amide bonds. The maximum Gasteiger partial charge on any atom is 0.243 e. The Kier molecular flexibility index (Phi) is 8.06. The largest absolute Gasteiger partial charge is 0.352 e. The average molecular weight is 407 g/mol. The number of benzene rings is 2. The predicted molar refractivity (Wildman–Crippen MR) is 121 cm³/mol. The van der Waals surface area contributed by atoms with Gasteiger partial charge in [-0.1, -0.05) is 79.9 Å². The number of carbonyl (C=O) groups excluding carboxylic acids is 2. The third-order valence-corrected chi connectivity index (χ3v) is 6.03. The second kappa shape index (κ2) is 11.0. The first-order valence-corrected chi connectivity index (χ1v) is 11.3. The quantitative estimate of drug-likeness (QED) is 0.651. The lowest BCUT2D eigenvalue weighted by molar-refractivity contribution is -0.141. The highest BCUT2D eigenvalue weighted by atomic mass is 16.2. The Morgan fingerprint density at radius 1 is 1.00 bits per heavy atom. The summed E-state index contributed by atoms with van der Waals surface area (Å²) in [7, 11) is 0. The van der Waals surface area contributed by atoms with Crippen molar-refractivity contribution >= 4 is 11.8 Å². The Bertz CT molecular complexity index is 811. The minimum absolute atomic E-state index is 0.00965.